The van der Waals surface area contributed by atoms with E-state index in [1.54, 1.807) is 6.07 Å². The Hall–Kier alpha value is -2.81. The van der Waals surface area contributed by atoms with Crippen LogP contribution in [-0.2, 0) is 16.4 Å². The SMILES string of the molecule is O=C(O)c1ccc2c(c1)[C@]1(CC[C@@H](Oc3ncc(C(F)(F)F)cc3Cl)CC1)C(=O)N2. The Balaban J connectivity index is 1.51. The molecule has 10 heteroatoms. The molecule has 1 spiro atoms. The first-order valence-corrected chi connectivity index (χ1v) is 9.57. The van der Waals surface area contributed by atoms with E-state index >= 15 is 0 Å². The Kier molecular flexibility index (Phi) is 4.88. The van der Waals surface area contributed by atoms with Crippen molar-refractivity contribution in [2.24, 2.45) is 0 Å². The molecule has 1 aliphatic heterocycles. The number of aromatic nitrogens is 1. The van der Waals surface area contributed by atoms with E-state index in [0.717, 1.165) is 6.07 Å². The standard InChI is InChI=1S/C20H16ClF3N2O4/c21-14-8-11(20(22,23)24)9-25-16(14)30-12-3-5-19(6-4-12)13-7-10(17(27)28)1-2-15(13)26-18(19)29/h1-2,7-9,12H,3-6H2,(H,26,29)(H,27,28)/t12-,19-. The zero-order valence-corrected chi connectivity index (χ0v) is 16.2. The van der Waals surface area contributed by atoms with Crippen molar-refractivity contribution >= 4 is 29.2 Å². The molecular formula is C20H16ClF3N2O4. The van der Waals surface area contributed by atoms with E-state index in [1.807, 2.05) is 0 Å². The van der Waals surface area contributed by atoms with Crippen molar-refractivity contribution in [2.75, 3.05) is 5.32 Å². The molecule has 1 fully saturated rings. The second-order valence-electron chi connectivity index (χ2n) is 7.43. The van der Waals surface area contributed by atoms with Crippen LogP contribution in [0.4, 0.5) is 18.9 Å². The molecule has 0 atom stereocenters. The third-order valence-corrected chi connectivity index (χ3v) is 5.93. The number of benzene rings is 1. The van der Waals surface area contributed by atoms with E-state index in [4.69, 9.17) is 16.3 Å². The average molecular weight is 441 g/mol. The van der Waals surface area contributed by atoms with Crippen LogP contribution in [0.3, 0.4) is 0 Å². The van der Waals surface area contributed by atoms with E-state index in [9.17, 15) is 27.9 Å². The molecule has 0 saturated heterocycles. The fourth-order valence-electron chi connectivity index (χ4n) is 4.07. The summed E-state index contributed by atoms with van der Waals surface area (Å²) in [7, 11) is 0. The van der Waals surface area contributed by atoms with Gasteiger partial charge in [0.05, 0.1) is 16.5 Å². The number of carboxylic acid groups (broad SMARTS) is 1. The summed E-state index contributed by atoms with van der Waals surface area (Å²) in [5, 5.41) is 11.8. The summed E-state index contributed by atoms with van der Waals surface area (Å²) < 4.78 is 44.0. The number of hydrogen-bond donors (Lipinski definition) is 2. The van der Waals surface area contributed by atoms with Gasteiger partial charge in [-0.25, -0.2) is 9.78 Å². The molecule has 30 heavy (non-hydrogen) atoms. The second-order valence-corrected chi connectivity index (χ2v) is 7.83. The lowest BCUT2D eigenvalue weighted by Gasteiger charge is -2.35. The number of amides is 1. The van der Waals surface area contributed by atoms with Crippen LogP contribution in [0, 0.1) is 0 Å². The minimum atomic E-state index is -4.55. The van der Waals surface area contributed by atoms with Crippen LogP contribution in [0.2, 0.25) is 5.02 Å². The number of hydrogen-bond acceptors (Lipinski definition) is 4. The van der Waals surface area contributed by atoms with Gasteiger partial charge in [0.1, 0.15) is 11.1 Å². The Morgan fingerprint density at radius 3 is 2.57 bits per heavy atom. The molecule has 1 aliphatic carbocycles. The molecule has 1 amide bonds. The topological polar surface area (TPSA) is 88.5 Å². The molecule has 1 aromatic carbocycles. The Bertz CT molecular complexity index is 1030. The van der Waals surface area contributed by atoms with Gasteiger partial charge < -0.3 is 15.2 Å². The van der Waals surface area contributed by atoms with Gasteiger partial charge >= 0.3 is 12.1 Å². The number of carboxylic acids is 1. The number of alkyl halides is 3. The fraction of sp³-hybridized carbons (Fsp3) is 0.350. The third kappa shape index (κ3) is 3.47. The molecule has 1 aromatic heterocycles. The summed E-state index contributed by atoms with van der Waals surface area (Å²) in [5.74, 6) is -1.36. The second kappa shape index (κ2) is 7.16. The number of anilines is 1. The van der Waals surface area contributed by atoms with Crippen molar-refractivity contribution in [3.63, 3.8) is 0 Å². The maximum absolute atomic E-state index is 12.7. The van der Waals surface area contributed by atoms with Crippen LogP contribution in [0.1, 0.15) is 47.2 Å². The van der Waals surface area contributed by atoms with Crippen molar-refractivity contribution < 1.29 is 32.6 Å². The van der Waals surface area contributed by atoms with Crippen LogP contribution < -0.4 is 10.1 Å². The minimum absolute atomic E-state index is 0.0879. The van der Waals surface area contributed by atoms with Gasteiger partial charge in [0.15, 0.2) is 0 Å². The number of carbonyl (C=O) groups excluding carboxylic acids is 1. The normalized spacial score (nSPS) is 23.2. The Morgan fingerprint density at radius 1 is 1.27 bits per heavy atom. The lowest BCUT2D eigenvalue weighted by Crippen LogP contribution is -2.41. The molecule has 0 radical (unpaired) electrons. The van der Waals surface area contributed by atoms with Gasteiger partial charge in [0.2, 0.25) is 11.8 Å². The maximum Gasteiger partial charge on any atom is 0.417 e. The van der Waals surface area contributed by atoms with Crippen molar-refractivity contribution in [3.8, 4) is 5.88 Å². The molecule has 6 nitrogen and oxygen atoms in total. The number of carbonyl (C=O) groups is 2. The summed E-state index contributed by atoms with van der Waals surface area (Å²) in [6.45, 7) is 0. The first kappa shape index (κ1) is 20.5. The number of nitrogens with one attached hydrogen (secondary N) is 1. The predicted molar refractivity (Wildman–Crippen MR) is 101 cm³/mol. The quantitative estimate of drug-likeness (QED) is 0.724. The molecule has 4 rings (SSSR count). The average Bonchev–Trinajstić information content (AvgIpc) is 2.95. The highest BCUT2D eigenvalue weighted by Gasteiger charge is 2.49. The van der Waals surface area contributed by atoms with E-state index in [0.29, 0.717) is 43.1 Å². The molecule has 1 saturated carbocycles. The fourth-order valence-corrected chi connectivity index (χ4v) is 4.28. The van der Waals surface area contributed by atoms with Crippen LogP contribution >= 0.6 is 11.6 Å². The van der Waals surface area contributed by atoms with Crippen molar-refractivity contribution in [1.82, 2.24) is 4.98 Å². The van der Waals surface area contributed by atoms with Crippen LogP contribution in [0.25, 0.3) is 0 Å². The number of pyridine rings is 1. The number of halogens is 4. The van der Waals surface area contributed by atoms with Crippen molar-refractivity contribution in [2.45, 2.75) is 43.4 Å². The summed E-state index contributed by atoms with van der Waals surface area (Å²) in [4.78, 5) is 27.7. The van der Waals surface area contributed by atoms with Gasteiger partial charge in [-0.1, -0.05) is 11.6 Å². The van der Waals surface area contributed by atoms with E-state index in [-0.39, 0.29) is 28.5 Å². The van der Waals surface area contributed by atoms with Gasteiger partial charge in [-0.05, 0) is 55.5 Å². The van der Waals surface area contributed by atoms with E-state index < -0.39 is 23.1 Å². The Morgan fingerprint density at radius 2 is 1.97 bits per heavy atom. The van der Waals surface area contributed by atoms with Gasteiger partial charge in [-0.15, -0.1) is 0 Å². The lowest BCUT2D eigenvalue weighted by molar-refractivity contribution is -0.137. The summed E-state index contributed by atoms with van der Waals surface area (Å²) in [6, 6.07) is 5.31. The first-order chi connectivity index (χ1) is 14.1. The molecular weight excluding hydrogens is 425 g/mol. The molecule has 2 aliphatic rings. The lowest BCUT2D eigenvalue weighted by atomic mass is 9.69. The third-order valence-electron chi connectivity index (χ3n) is 5.66. The zero-order valence-electron chi connectivity index (χ0n) is 15.4. The first-order valence-electron chi connectivity index (χ1n) is 9.19. The largest absolute Gasteiger partial charge is 0.478 e. The molecule has 158 valence electrons. The predicted octanol–water partition coefficient (Wildman–Crippen LogP) is 4.66. The van der Waals surface area contributed by atoms with E-state index in [2.05, 4.69) is 10.3 Å². The monoisotopic (exact) mass is 440 g/mol. The highest BCUT2D eigenvalue weighted by molar-refractivity contribution is 6.31. The van der Waals surface area contributed by atoms with Crippen LogP contribution in [0.5, 0.6) is 5.88 Å². The molecule has 0 unspecified atom stereocenters. The Labute approximate surface area is 174 Å². The zero-order chi connectivity index (χ0) is 21.7. The van der Waals surface area contributed by atoms with Gasteiger partial charge in [-0.2, -0.15) is 13.2 Å². The van der Waals surface area contributed by atoms with Crippen LogP contribution in [-0.4, -0.2) is 28.1 Å². The minimum Gasteiger partial charge on any atom is -0.478 e. The van der Waals surface area contributed by atoms with Gasteiger partial charge in [0.25, 0.3) is 0 Å². The molecule has 2 heterocycles. The highest BCUT2D eigenvalue weighted by Crippen LogP contribution is 2.48. The van der Waals surface area contributed by atoms with Crippen LogP contribution in [0.15, 0.2) is 30.5 Å². The smallest absolute Gasteiger partial charge is 0.417 e. The molecule has 2 N–H and O–H groups in total. The molecule has 0 bridgehead atoms. The number of nitrogens with zero attached hydrogens (tertiary/aromatic N) is 1. The van der Waals surface area contributed by atoms with Crippen molar-refractivity contribution in [3.05, 3.63) is 52.2 Å². The van der Waals surface area contributed by atoms with E-state index in [1.165, 1.54) is 12.1 Å². The maximum atomic E-state index is 12.7. The summed E-state index contributed by atoms with van der Waals surface area (Å²) in [5.41, 5.74) is -0.467. The number of fused-ring (bicyclic) bond motifs is 2. The number of ether oxygens (including phenoxy) is 1. The summed E-state index contributed by atoms with van der Waals surface area (Å²) >= 11 is 5.91. The summed E-state index contributed by atoms with van der Waals surface area (Å²) in [6.07, 6.45) is -2.59. The van der Waals surface area contributed by atoms with Crippen molar-refractivity contribution in [1.29, 1.82) is 0 Å². The number of aromatic carboxylic acids is 1. The van der Waals surface area contributed by atoms with Gasteiger partial charge in [0, 0.05) is 11.9 Å². The van der Waals surface area contributed by atoms with Gasteiger partial charge in [-0.3, -0.25) is 4.79 Å². The molecule has 2 aromatic rings. The number of rotatable bonds is 3. The highest BCUT2D eigenvalue weighted by atomic mass is 35.5.